The maximum atomic E-state index is 12.6. The lowest BCUT2D eigenvalue weighted by Crippen LogP contribution is -2.43. The molecule has 3 N–H and O–H groups in total. The first kappa shape index (κ1) is 21.3. The number of imide groups is 1. The molecular weight excluding hydrogens is 386 g/mol. The Bertz CT molecular complexity index is 885. The normalized spacial score (nSPS) is 16.9. The van der Waals surface area contributed by atoms with Gasteiger partial charge in [0.2, 0.25) is 5.91 Å². The zero-order valence-electron chi connectivity index (χ0n) is 16.7. The monoisotopic (exact) mass is 411 g/mol. The number of aliphatic hydroxyl groups excluding tert-OH is 1. The first-order chi connectivity index (χ1) is 14.5. The molecule has 1 aliphatic rings. The third kappa shape index (κ3) is 5.36. The van der Waals surface area contributed by atoms with Crippen LogP contribution in [-0.2, 0) is 22.6 Å². The second-order valence-corrected chi connectivity index (χ2v) is 7.12. The molecule has 2 aromatic carbocycles. The van der Waals surface area contributed by atoms with E-state index in [-0.39, 0.29) is 19.6 Å². The predicted octanol–water partition coefficient (Wildman–Crippen LogP) is 1.23. The van der Waals surface area contributed by atoms with Crippen molar-refractivity contribution >= 4 is 17.8 Å². The molecule has 1 heterocycles. The number of hydrogen-bond donors (Lipinski definition) is 3. The smallest absolute Gasteiger partial charge is 0.325 e. The molecule has 0 spiro atoms. The number of methoxy groups -OCH3 is 1. The van der Waals surface area contributed by atoms with Crippen LogP contribution >= 0.6 is 0 Å². The van der Waals surface area contributed by atoms with Crippen molar-refractivity contribution in [3.8, 4) is 5.75 Å². The number of carbonyl (C=O) groups excluding carboxylic acids is 3. The van der Waals surface area contributed by atoms with Crippen LogP contribution in [0.15, 0.2) is 54.6 Å². The van der Waals surface area contributed by atoms with Crippen LogP contribution in [0.5, 0.6) is 5.75 Å². The summed E-state index contributed by atoms with van der Waals surface area (Å²) in [6.45, 7) is -0.116. The highest BCUT2D eigenvalue weighted by molar-refractivity contribution is 6.05. The fourth-order valence-electron chi connectivity index (χ4n) is 3.31. The van der Waals surface area contributed by atoms with E-state index in [1.807, 2.05) is 30.3 Å². The Kier molecular flexibility index (Phi) is 7.03. The lowest BCUT2D eigenvalue weighted by atomic mass is 10.1. The van der Waals surface area contributed by atoms with Gasteiger partial charge in [0, 0.05) is 0 Å². The maximum Gasteiger partial charge on any atom is 0.325 e. The van der Waals surface area contributed by atoms with Crippen LogP contribution in [-0.4, -0.2) is 53.7 Å². The van der Waals surface area contributed by atoms with Gasteiger partial charge in [0.1, 0.15) is 11.8 Å². The quantitative estimate of drug-likeness (QED) is 0.538. The summed E-state index contributed by atoms with van der Waals surface area (Å²) >= 11 is 0. The van der Waals surface area contributed by atoms with Gasteiger partial charge in [0.05, 0.1) is 32.7 Å². The van der Waals surface area contributed by atoms with Crippen molar-refractivity contribution in [3.05, 3.63) is 65.7 Å². The van der Waals surface area contributed by atoms with Crippen LogP contribution in [0, 0.1) is 0 Å². The summed E-state index contributed by atoms with van der Waals surface area (Å²) in [5.74, 6) is -0.177. The molecular formula is C22H25N3O5. The third-order valence-electron chi connectivity index (χ3n) is 4.91. The van der Waals surface area contributed by atoms with Crippen LogP contribution in [0.2, 0.25) is 0 Å². The first-order valence-electron chi connectivity index (χ1n) is 9.69. The number of benzene rings is 2. The summed E-state index contributed by atoms with van der Waals surface area (Å²) in [7, 11) is 1.56. The highest BCUT2D eigenvalue weighted by atomic mass is 16.5. The fraction of sp³-hybridized carbons (Fsp3) is 0.318. The molecule has 2 aromatic rings. The number of amides is 4. The second-order valence-electron chi connectivity index (χ2n) is 7.12. The number of nitrogens with one attached hydrogen (secondary N) is 2. The van der Waals surface area contributed by atoms with Crippen molar-refractivity contribution in [2.45, 2.75) is 31.5 Å². The molecule has 0 unspecified atom stereocenters. The Morgan fingerprint density at radius 2 is 1.83 bits per heavy atom. The average Bonchev–Trinajstić information content (AvgIpc) is 3.01. The van der Waals surface area contributed by atoms with Gasteiger partial charge in [-0.2, -0.15) is 0 Å². The molecule has 2 atom stereocenters. The number of urea groups is 1. The highest BCUT2D eigenvalue weighted by Crippen LogP contribution is 2.17. The molecule has 0 aliphatic carbocycles. The van der Waals surface area contributed by atoms with Gasteiger partial charge in [0.15, 0.2) is 0 Å². The number of aliphatic hydroxyl groups is 1. The van der Waals surface area contributed by atoms with Crippen molar-refractivity contribution < 1.29 is 24.2 Å². The van der Waals surface area contributed by atoms with Crippen molar-refractivity contribution in [2.75, 3.05) is 13.7 Å². The molecule has 4 amide bonds. The van der Waals surface area contributed by atoms with E-state index in [4.69, 9.17) is 4.74 Å². The minimum atomic E-state index is -0.924. The van der Waals surface area contributed by atoms with E-state index in [0.29, 0.717) is 12.2 Å². The van der Waals surface area contributed by atoms with E-state index in [1.165, 1.54) is 0 Å². The molecule has 30 heavy (non-hydrogen) atoms. The van der Waals surface area contributed by atoms with Gasteiger partial charge in [-0.05, 0) is 29.7 Å². The highest BCUT2D eigenvalue weighted by Gasteiger charge is 2.39. The molecule has 0 radical (unpaired) electrons. The van der Waals surface area contributed by atoms with Crippen LogP contribution in [0.4, 0.5) is 4.79 Å². The third-order valence-corrected chi connectivity index (χ3v) is 4.91. The van der Waals surface area contributed by atoms with E-state index in [0.717, 1.165) is 16.0 Å². The van der Waals surface area contributed by atoms with Crippen molar-refractivity contribution in [2.24, 2.45) is 0 Å². The van der Waals surface area contributed by atoms with Crippen molar-refractivity contribution in [3.63, 3.8) is 0 Å². The first-order valence-corrected chi connectivity index (χ1v) is 9.69. The number of hydrogen-bond acceptors (Lipinski definition) is 5. The Labute approximate surface area is 174 Å². The minimum Gasteiger partial charge on any atom is -0.497 e. The van der Waals surface area contributed by atoms with Crippen molar-refractivity contribution in [1.29, 1.82) is 0 Å². The summed E-state index contributed by atoms with van der Waals surface area (Å²) in [6, 6.07) is 14.6. The van der Waals surface area contributed by atoms with Crippen LogP contribution in [0.1, 0.15) is 17.5 Å². The molecule has 0 aromatic heterocycles. The van der Waals surface area contributed by atoms with Gasteiger partial charge < -0.3 is 20.5 Å². The Morgan fingerprint density at radius 1 is 1.13 bits per heavy atom. The maximum absolute atomic E-state index is 12.6. The van der Waals surface area contributed by atoms with Gasteiger partial charge in [0.25, 0.3) is 5.91 Å². The summed E-state index contributed by atoms with van der Waals surface area (Å²) < 4.78 is 5.10. The van der Waals surface area contributed by atoms with E-state index in [2.05, 4.69) is 10.6 Å². The average molecular weight is 411 g/mol. The molecule has 0 bridgehead atoms. The molecule has 1 aliphatic heterocycles. The van der Waals surface area contributed by atoms with Gasteiger partial charge in [-0.25, -0.2) is 4.79 Å². The lowest BCUT2D eigenvalue weighted by molar-refractivity contribution is -0.131. The summed E-state index contributed by atoms with van der Waals surface area (Å²) in [6.07, 6.45) is 0.284. The van der Waals surface area contributed by atoms with Crippen LogP contribution in [0.3, 0.4) is 0 Å². The predicted molar refractivity (Wildman–Crippen MR) is 110 cm³/mol. The fourth-order valence-corrected chi connectivity index (χ4v) is 3.31. The Hall–Kier alpha value is -3.39. The zero-order valence-corrected chi connectivity index (χ0v) is 16.7. The molecule has 158 valence electrons. The largest absolute Gasteiger partial charge is 0.497 e. The number of rotatable bonds is 9. The van der Waals surface area contributed by atoms with Gasteiger partial charge in [-0.1, -0.05) is 42.5 Å². The number of nitrogens with zero attached hydrogens (tertiary/aromatic N) is 1. The van der Waals surface area contributed by atoms with E-state index in [1.54, 1.807) is 31.4 Å². The standard InChI is InChI=1S/C22H25N3O5/c1-30-18-9-7-16(8-10-18)13-25-21(28)19(24-22(25)29)12-20(27)23-17(14-26)11-15-5-3-2-4-6-15/h2-10,17,19,26H,11-14H2,1H3,(H,23,27)(H,24,29)/t17-,19+/m1/s1. The van der Waals surface area contributed by atoms with E-state index >= 15 is 0 Å². The van der Waals surface area contributed by atoms with Gasteiger partial charge >= 0.3 is 6.03 Å². The second kappa shape index (κ2) is 9.89. The topological polar surface area (TPSA) is 108 Å². The summed E-state index contributed by atoms with van der Waals surface area (Å²) in [4.78, 5) is 38.3. The van der Waals surface area contributed by atoms with Gasteiger partial charge in [-0.3, -0.25) is 14.5 Å². The van der Waals surface area contributed by atoms with Gasteiger partial charge in [-0.15, -0.1) is 0 Å². The molecule has 8 heteroatoms. The summed E-state index contributed by atoms with van der Waals surface area (Å²) in [5.41, 5.74) is 1.75. The molecule has 1 fully saturated rings. The Morgan fingerprint density at radius 3 is 2.47 bits per heavy atom. The van der Waals surface area contributed by atoms with E-state index in [9.17, 15) is 19.5 Å². The molecule has 1 saturated heterocycles. The lowest BCUT2D eigenvalue weighted by Gasteiger charge is -2.17. The van der Waals surface area contributed by atoms with E-state index < -0.39 is 29.9 Å². The SMILES string of the molecule is COc1ccc(CN2C(=O)N[C@@H](CC(=O)N[C@@H](CO)Cc3ccccc3)C2=O)cc1. The van der Waals surface area contributed by atoms with Crippen molar-refractivity contribution in [1.82, 2.24) is 15.5 Å². The Balaban J connectivity index is 1.55. The summed E-state index contributed by atoms with van der Waals surface area (Å²) in [5, 5.41) is 14.9. The molecule has 3 rings (SSSR count). The van der Waals surface area contributed by atoms with Crippen LogP contribution in [0.25, 0.3) is 0 Å². The minimum absolute atomic E-state index is 0.111. The number of ether oxygens (including phenoxy) is 1. The zero-order chi connectivity index (χ0) is 21.5. The number of carbonyl (C=O) groups is 3. The van der Waals surface area contributed by atoms with Crippen LogP contribution < -0.4 is 15.4 Å². The molecule has 8 nitrogen and oxygen atoms in total. The molecule has 0 saturated carbocycles.